The third-order valence-electron chi connectivity index (χ3n) is 8.39. The van der Waals surface area contributed by atoms with E-state index in [-0.39, 0.29) is 24.5 Å². The number of hydrogen-bond donors (Lipinski definition) is 1. The molecule has 4 aliphatic heterocycles. The van der Waals surface area contributed by atoms with E-state index in [0.717, 1.165) is 75.4 Å². The van der Waals surface area contributed by atoms with Crippen molar-refractivity contribution < 1.29 is 23.7 Å². The van der Waals surface area contributed by atoms with Crippen molar-refractivity contribution in [2.24, 2.45) is 11.8 Å². The van der Waals surface area contributed by atoms with Gasteiger partial charge in [0.15, 0.2) is 6.29 Å². The van der Waals surface area contributed by atoms with Crippen molar-refractivity contribution >= 4 is 6.09 Å². The Hall–Kier alpha value is -2.61. The van der Waals surface area contributed by atoms with Crippen molar-refractivity contribution in [1.29, 1.82) is 0 Å². The van der Waals surface area contributed by atoms with Crippen molar-refractivity contribution in [2.45, 2.75) is 70.3 Å². The highest BCUT2D eigenvalue weighted by Crippen LogP contribution is 2.34. The monoisotopic (exact) mass is 536 g/mol. The van der Waals surface area contributed by atoms with Gasteiger partial charge >= 0.3 is 6.09 Å². The van der Waals surface area contributed by atoms with Gasteiger partial charge in [0.2, 0.25) is 0 Å². The normalized spacial score (nSPS) is 25.1. The van der Waals surface area contributed by atoms with Gasteiger partial charge in [0.1, 0.15) is 11.9 Å². The third kappa shape index (κ3) is 7.96. The summed E-state index contributed by atoms with van der Waals surface area (Å²) >= 11 is 0. The molecule has 0 saturated carbocycles. The molecule has 212 valence electrons. The summed E-state index contributed by atoms with van der Waals surface area (Å²) in [5.41, 5.74) is 2.00. The molecule has 4 fully saturated rings. The average Bonchev–Trinajstić information content (AvgIpc) is 3.45. The van der Waals surface area contributed by atoms with Gasteiger partial charge in [-0.1, -0.05) is 75.1 Å². The first-order chi connectivity index (χ1) is 19.2. The van der Waals surface area contributed by atoms with Crippen LogP contribution in [0.15, 0.2) is 54.6 Å². The zero-order valence-corrected chi connectivity index (χ0v) is 23.3. The summed E-state index contributed by atoms with van der Waals surface area (Å²) in [5, 5.41) is 3.14. The Balaban J connectivity index is 1.08. The van der Waals surface area contributed by atoms with Crippen molar-refractivity contribution in [1.82, 2.24) is 10.2 Å². The van der Waals surface area contributed by atoms with E-state index in [0.29, 0.717) is 18.4 Å². The topological polar surface area (TPSA) is 69.3 Å². The molecule has 0 aliphatic carbocycles. The van der Waals surface area contributed by atoms with Crippen LogP contribution < -0.4 is 10.1 Å². The van der Waals surface area contributed by atoms with Crippen molar-refractivity contribution in [3.05, 3.63) is 65.7 Å². The molecule has 2 bridgehead atoms. The Morgan fingerprint density at radius 1 is 0.923 bits per heavy atom. The van der Waals surface area contributed by atoms with Crippen LogP contribution in [0.1, 0.15) is 69.0 Å². The highest BCUT2D eigenvalue weighted by Gasteiger charge is 2.43. The standard InChI is InChI=1S/C32H44N2O5/c1-24-27-21-34(22-27)23-29(24)39-32(35)33-31(25-12-7-6-8-13-25)26-14-11-15-28(20-26)36-17-10-5-3-2-4-9-16-30-37-18-19-38-30/h6-8,11-15,20,24,27,29-31H,2-5,9-10,16-19,21-23H2,1H3,(H,33,35)/t24?,29-,31?/m0/s1. The molecule has 4 heterocycles. The van der Waals surface area contributed by atoms with Gasteiger partial charge in [-0.05, 0) is 54.4 Å². The fraction of sp³-hybridized carbons (Fsp3) is 0.594. The van der Waals surface area contributed by atoms with E-state index in [1.54, 1.807) is 0 Å². The van der Waals surface area contributed by atoms with E-state index in [1.165, 1.54) is 19.3 Å². The van der Waals surface area contributed by atoms with Gasteiger partial charge in [-0.2, -0.15) is 0 Å². The molecule has 7 nitrogen and oxygen atoms in total. The largest absolute Gasteiger partial charge is 0.494 e. The van der Waals surface area contributed by atoms with Crippen molar-refractivity contribution in [3.63, 3.8) is 0 Å². The van der Waals surface area contributed by atoms with E-state index in [2.05, 4.69) is 17.1 Å². The molecule has 4 saturated heterocycles. The Labute approximate surface area is 233 Å². The fourth-order valence-electron chi connectivity index (χ4n) is 5.92. The molecule has 0 aromatic heterocycles. The molecule has 2 aromatic carbocycles. The number of ether oxygens (including phenoxy) is 4. The Morgan fingerprint density at radius 3 is 2.41 bits per heavy atom. The average molecular weight is 537 g/mol. The van der Waals surface area contributed by atoms with Gasteiger partial charge < -0.3 is 24.3 Å². The molecule has 3 atom stereocenters. The van der Waals surface area contributed by atoms with Crippen molar-refractivity contribution in [2.75, 3.05) is 39.5 Å². The summed E-state index contributed by atoms with van der Waals surface area (Å²) in [4.78, 5) is 15.4. The smallest absolute Gasteiger partial charge is 0.408 e. The lowest BCUT2D eigenvalue weighted by Crippen LogP contribution is -2.62. The second kappa shape index (κ2) is 14.1. The molecule has 7 heteroatoms. The first kappa shape index (κ1) is 27.9. The Morgan fingerprint density at radius 2 is 1.64 bits per heavy atom. The minimum Gasteiger partial charge on any atom is -0.494 e. The molecule has 0 spiro atoms. The maximum Gasteiger partial charge on any atom is 0.408 e. The minimum absolute atomic E-state index is 0.0285. The highest BCUT2D eigenvalue weighted by atomic mass is 16.7. The molecule has 2 aromatic rings. The van der Waals surface area contributed by atoms with E-state index in [4.69, 9.17) is 18.9 Å². The number of amides is 1. The first-order valence-corrected chi connectivity index (χ1v) is 14.9. The number of piperidine rings is 2. The van der Waals surface area contributed by atoms with Crippen LogP contribution in [0.3, 0.4) is 0 Å². The van der Waals surface area contributed by atoms with Crippen LogP contribution >= 0.6 is 0 Å². The van der Waals surface area contributed by atoms with Crippen LogP contribution in [0.2, 0.25) is 0 Å². The molecule has 1 amide bonds. The van der Waals surface area contributed by atoms with Gasteiger partial charge in [0, 0.05) is 19.6 Å². The maximum atomic E-state index is 13.0. The number of hydrogen-bond acceptors (Lipinski definition) is 6. The Bertz CT molecular complexity index is 1020. The lowest BCUT2D eigenvalue weighted by molar-refractivity contribution is -0.0865. The number of alkyl carbamates (subject to hydrolysis) is 1. The predicted molar refractivity (Wildman–Crippen MR) is 151 cm³/mol. The first-order valence-electron chi connectivity index (χ1n) is 14.9. The number of unbranched alkanes of at least 4 members (excludes halogenated alkanes) is 5. The van der Waals surface area contributed by atoms with E-state index < -0.39 is 0 Å². The van der Waals surface area contributed by atoms with E-state index >= 15 is 0 Å². The lowest BCUT2D eigenvalue weighted by Gasteiger charge is -2.51. The summed E-state index contributed by atoms with van der Waals surface area (Å²) in [6, 6.07) is 17.8. The zero-order valence-electron chi connectivity index (χ0n) is 23.3. The number of carbonyl (C=O) groups excluding carboxylic acids is 1. The molecule has 1 N–H and O–H groups in total. The number of carbonyl (C=O) groups is 1. The quantitative estimate of drug-likeness (QED) is 0.302. The SMILES string of the molecule is CC1C2CN(C2)C[C@@H]1OC(=O)NC(c1ccccc1)c1cccc(OCCCCCCCCC2OCCO2)c1. The van der Waals surface area contributed by atoms with Crippen LogP contribution in [-0.2, 0) is 14.2 Å². The van der Waals surface area contributed by atoms with Crippen LogP contribution in [0.5, 0.6) is 5.75 Å². The lowest BCUT2D eigenvalue weighted by atomic mass is 9.78. The second-order valence-electron chi connectivity index (χ2n) is 11.3. The van der Waals surface area contributed by atoms with Crippen LogP contribution in [0.4, 0.5) is 4.79 Å². The van der Waals surface area contributed by atoms with Gasteiger partial charge in [0.05, 0.1) is 25.9 Å². The molecular formula is C32H44N2O5. The number of rotatable bonds is 14. The molecular weight excluding hydrogens is 492 g/mol. The summed E-state index contributed by atoms with van der Waals surface area (Å²) < 4.78 is 23.0. The zero-order chi connectivity index (χ0) is 26.9. The summed E-state index contributed by atoms with van der Waals surface area (Å²) in [7, 11) is 0. The van der Waals surface area contributed by atoms with E-state index in [9.17, 15) is 4.79 Å². The second-order valence-corrected chi connectivity index (χ2v) is 11.3. The van der Waals surface area contributed by atoms with Gasteiger partial charge in [-0.15, -0.1) is 0 Å². The molecule has 4 aliphatic rings. The van der Waals surface area contributed by atoms with Crippen LogP contribution in [0.25, 0.3) is 0 Å². The number of nitrogens with zero attached hydrogens (tertiary/aromatic N) is 1. The minimum atomic E-state index is -0.363. The summed E-state index contributed by atoms with van der Waals surface area (Å²) in [6.07, 6.45) is 7.65. The van der Waals surface area contributed by atoms with Gasteiger partial charge in [-0.3, -0.25) is 4.90 Å². The molecule has 2 unspecified atom stereocenters. The Kier molecular flexibility index (Phi) is 10.1. The summed E-state index contributed by atoms with van der Waals surface area (Å²) in [5.74, 6) is 1.87. The number of benzene rings is 2. The van der Waals surface area contributed by atoms with Crippen LogP contribution in [0, 0.1) is 11.8 Å². The van der Waals surface area contributed by atoms with Crippen LogP contribution in [-0.4, -0.2) is 62.8 Å². The number of nitrogens with one attached hydrogen (secondary N) is 1. The summed E-state index contributed by atoms with van der Waals surface area (Å²) in [6.45, 7) is 7.47. The van der Waals surface area contributed by atoms with E-state index in [1.807, 2.05) is 54.6 Å². The molecule has 39 heavy (non-hydrogen) atoms. The molecule has 0 radical (unpaired) electrons. The third-order valence-corrected chi connectivity index (χ3v) is 8.39. The fourth-order valence-corrected chi connectivity index (χ4v) is 5.92. The number of fused-ring (bicyclic) bond motifs is 2. The molecule has 6 rings (SSSR count). The van der Waals surface area contributed by atoms with Gasteiger partial charge in [0.25, 0.3) is 0 Å². The van der Waals surface area contributed by atoms with Gasteiger partial charge in [-0.25, -0.2) is 4.79 Å². The maximum absolute atomic E-state index is 13.0. The highest BCUT2D eigenvalue weighted by molar-refractivity contribution is 5.69. The predicted octanol–water partition coefficient (Wildman–Crippen LogP) is 5.93. The van der Waals surface area contributed by atoms with Crippen molar-refractivity contribution in [3.8, 4) is 5.75 Å².